The van der Waals surface area contributed by atoms with Crippen molar-refractivity contribution in [2.75, 3.05) is 6.61 Å². The molecule has 0 aliphatic carbocycles. The number of aryl methyl sites for hydroxylation is 1. The first-order valence-corrected chi connectivity index (χ1v) is 8.09. The molecule has 0 unspecified atom stereocenters. The standard InChI is InChI=1S/C16H16F3NO3S/c1-2-14-20-13(9-24-14)8-23-15(21)12-5-3-11(4-6-12)7-22-10-16(17,18)19/h3-6,9H,2,7-8,10H2,1H3. The molecule has 0 amide bonds. The molecule has 2 rings (SSSR count). The SMILES string of the molecule is CCc1nc(COC(=O)c2ccc(COCC(F)(F)F)cc2)cs1. The van der Waals surface area contributed by atoms with Gasteiger partial charge >= 0.3 is 12.1 Å². The van der Waals surface area contributed by atoms with Gasteiger partial charge in [0, 0.05) is 5.38 Å². The summed E-state index contributed by atoms with van der Waals surface area (Å²) in [6.45, 7) is 0.609. The lowest BCUT2D eigenvalue weighted by molar-refractivity contribution is -0.176. The van der Waals surface area contributed by atoms with Crippen molar-refractivity contribution in [1.29, 1.82) is 0 Å². The third-order valence-corrected chi connectivity index (χ3v) is 4.02. The molecule has 130 valence electrons. The summed E-state index contributed by atoms with van der Waals surface area (Å²) in [5.74, 6) is -0.510. The molecule has 0 aliphatic rings. The second-order valence-electron chi connectivity index (χ2n) is 4.97. The number of hydrogen-bond acceptors (Lipinski definition) is 5. The first-order chi connectivity index (χ1) is 11.4. The Bertz CT molecular complexity index is 668. The average molecular weight is 359 g/mol. The molecular weight excluding hydrogens is 343 g/mol. The number of esters is 1. The summed E-state index contributed by atoms with van der Waals surface area (Å²) in [6, 6.07) is 6.05. The smallest absolute Gasteiger partial charge is 0.411 e. The number of thiazole rings is 1. The van der Waals surface area contributed by atoms with Gasteiger partial charge in [-0.2, -0.15) is 13.2 Å². The van der Waals surface area contributed by atoms with Gasteiger partial charge in [-0.1, -0.05) is 19.1 Å². The quantitative estimate of drug-likeness (QED) is 0.697. The van der Waals surface area contributed by atoms with Gasteiger partial charge < -0.3 is 9.47 Å². The molecule has 0 aliphatic heterocycles. The molecule has 2 aromatic rings. The number of nitrogens with zero attached hydrogens (tertiary/aromatic N) is 1. The fourth-order valence-electron chi connectivity index (χ4n) is 1.82. The molecule has 0 fully saturated rings. The molecule has 0 atom stereocenters. The van der Waals surface area contributed by atoms with Crippen LogP contribution in [0, 0.1) is 0 Å². The van der Waals surface area contributed by atoms with E-state index in [0.717, 1.165) is 11.4 Å². The molecule has 0 spiro atoms. The van der Waals surface area contributed by atoms with Gasteiger partial charge in [0.15, 0.2) is 0 Å². The topological polar surface area (TPSA) is 48.4 Å². The van der Waals surface area contributed by atoms with Gasteiger partial charge in [0.1, 0.15) is 13.2 Å². The third-order valence-electron chi connectivity index (χ3n) is 2.98. The zero-order valence-electron chi connectivity index (χ0n) is 12.9. The van der Waals surface area contributed by atoms with Crippen LogP contribution in [0.25, 0.3) is 0 Å². The molecule has 0 bridgehead atoms. The van der Waals surface area contributed by atoms with E-state index >= 15 is 0 Å². The first kappa shape index (κ1) is 18.4. The van der Waals surface area contributed by atoms with E-state index in [4.69, 9.17) is 4.74 Å². The highest BCUT2D eigenvalue weighted by atomic mass is 32.1. The summed E-state index contributed by atoms with van der Waals surface area (Å²) in [4.78, 5) is 16.2. The molecule has 0 radical (unpaired) electrons. The summed E-state index contributed by atoms with van der Waals surface area (Å²) in [5.41, 5.74) is 1.56. The maximum absolute atomic E-state index is 12.0. The number of benzene rings is 1. The number of carbonyl (C=O) groups is 1. The van der Waals surface area contributed by atoms with E-state index in [1.165, 1.54) is 35.6 Å². The van der Waals surface area contributed by atoms with Crippen LogP contribution in [0.15, 0.2) is 29.6 Å². The number of halogens is 3. The van der Waals surface area contributed by atoms with Crippen molar-refractivity contribution in [1.82, 2.24) is 4.98 Å². The molecule has 4 nitrogen and oxygen atoms in total. The van der Waals surface area contributed by atoms with Gasteiger partial charge in [-0.3, -0.25) is 0 Å². The number of carbonyl (C=O) groups excluding carboxylic acids is 1. The van der Waals surface area contributed by atoms with E-state index in [0.29, 0.717) is 16.8 Å². The lowest BCUT2D eigenvalue weighted by atomic mass is 10.1. The van der Waals surface area contributed by atoms with E-state index in [1.54, 1.807) is 0 Å². The zero-order chi connectivity index (χ0) is 17.6. The van der Waals surface area contributed by atoms with Crippen LogP contribution in [-0.4, -0.2) is 23.7 Å². The number of aromatic nitrogens is 1. The molecule has 24 heavy (non-hydrogen) atoms. The van der Waals surface area contributed by atoms with Gasteiger partial charge in [0.05, 0.1) is 22.9 Å². The second-order valence-corrected chi connectivity index (χ2v) is 5.91. The summed E-state index contributed by atoms with van der Waals surface area (Å²) in [6.07, 6.45) is -3.52. The molecule has 0 saturated carbocycles. The average Bonchev–Trinajstić information content (AvgIpc) is 3.00. The fraction of sp³-hybridized carbons (Fsp3) is 0.375. The molecule has 8 heteroatoms. The van der Waals surface area contributed by atoms with Gasteiger partial charge in [0.25, 0.3) is 0 Å². The van der Waals surface area contributed by atoms with Crippen LogP contribution in [0.3, 0.4) is 0 Å². The Morgan fingerprint density at radius 1 is 1.21 bits per heavy atom. The van der Waals surface area contributed by atoms with Gasteiger partial charge in [0.2, 0.25) is 0 Å². The minimum Gasteiger partial charge on any atom is -0.456 e. The highest BCUT2D eigenvalue weighted by molar-refractivity contribution is 7.09. The lowest BCUT2D eigenvalue weighted by Crippen LogP contribution is -2.16. The highest BCUT2D eigenvalue weighted by Gasteiger charge is 2.27. The monoisotopic (exact) mass is 359 g/mol. The number of alkyl halides is 3. The van der Waals surface area contributed by atoms with Crippen LogP contribution >= 0.6 is 11.3 Å². The summed E-state index contributed by atoms with van der Waals surface area (Å²) >= 11 is 1.51. The van der Waals surface area contributed by atoms with Crippen LogP contribution in [0.4, 0.5) is 13.2 Å². The number of hydrogen-bond donors (Lipinski definition) is 0. The predicted octanol–water partition coefficient (Wildman–Crippen LogP) is 4.14. The van der Waals surface area contributed by atoms with Gasteiger partial charge in [-0.05, 0) is 24.1 Å². The Labute approximate surface area is 141 Å². The normalized spacial score (nSPS) is 11.5. The Morgan fingerprint density at radius 3 is 2.50 bits per heavy atom. The Kier molecular flexibility index (Phi) is 6.33. The lowest BCUT2D eigenvalue weighted by Gasteiger charge is -2.08. The van der Waals surface area contributed by atoms with E-state index in [2.05, 4.69) is 9.72 Å². The van der Waals surface area contributed by atoms with Gasteiger partial charge in [-0.25, -0.2) is 9.78 Å². The van der Waals surface area contributed by atoms with E-state index < -0.39 is 18.8 Å². The third kappa shape index (κ3) is 5.93. The largest absolute Gasteiger partial charge is 0.456 e. The summed E-state index contributed by atoms with van der Waals surface area (Å²) in [7, 11) is 0. The molecular formula is C16H16F3NO3S. The van der Waals surface area contributed by atoms with Crippen LogP contribution in [0.5, 0.6) is 0 Å². The Balaban J connectivity index is 1.82. The van der Waals surface area contributed by atoms with Crippen molar-refractivity contribution in [2.24, 2.45) is 0 Å². The van der Waals surface area contributed by atoms with Crippen LogP contribution in [0.2, 0.25) is 0 Å². The maximum Gasteiger partial charge on any atom is 0.411 e. The zero-order valence-corrected chi connectivity index (χ0v) is 13.7. The molecule has 0 saturated heterocycles. The maximum atomic E-state index is 12.0. The van der Waals surface area contributed by atoms with Crippen LogP contribution in [0.1, 0.15) is 33.5 Å². The van der Waals surface area contributed by atoms with E-state index in [9.17, 15) is 18.0 Å². The fourth-order valence-corrected chi connectivity index (χ4v) is 2.55. The van der Waals surface area contributed by atoms with Crippen molar-refractivity contribution < 1.29 is 27.4 Å². The van der Waals surface area contributed by atoms with Crippen molar-refractivity contribution in [3.63, 3.8) is 0 Å². The first-order valence-electron chi connectivity index (χ1n) is 7.21. The summed E-state index contributed by atoms with van der Waals surface area (Å²) < 4.78 is 45.7. The predicted molar refractivity (Wildman–Crippen MR) is 82.8 cm³/mol. The Morgan fingerprint density at radius 2 is 1.92 bits per heavy atom. The number of rotatable bonds is 7. The van der Waals surface area contributed by atoms with Crippen LogP contribution in [-0.2, 0) is 29.1 Å². The van der Waals surface area contributed by atoms with Crippen molar-refractivity contribution in [3.8, 4) is 0 Å². The van der Waals surface area contributed by atoms with Crippen molar-refractivity contribution in [3.05, 3.63) is 51.5 Å². The highest BCUT2D eigenvalue weighted by Crippen LogP contribution is 2.16. The second kappa shape index (κ2) is 8.25. The minimum atomic E-state index is -4.35. The number of ether oxygens (including phenoxy) is 2. The van der Waals surface area contributed by atoms with Crippen molar-refractivity contribution in [2.45, 2.75) is 32.7 Å². The molecule has 1 heterocycles. The Hall–Kier alpha value is -1.93. The van der Waals surface area contributed by atoms with E-state index in [-0.39, 0.29) is 13.2 Å². The van der Waals surface area contributed by atoms with Crippen LogP contribution < -0.4 is 0 Å². The summed E-state index contributed by atoms with van der Waals surface area (Å²) in [5, 5.41) is 2.82. The molecule has 0 N–H and O–H groups in total. The van der Waals surface area contributed by atoms with E-state index in [1.807, 2.05) is 12.3 Å². The van der Waals surface area contributed by atoms with Crippen molar-refractivity contribution >= 4 is 17.3 Å². The van der Waals surface area contributed by atoms with Gasteiger partial charge in [-0.15, -0.1) is 11.3 Å². The minimum absolute atomic E-state index is 0.0891. The molecule has 1 aromatic heterocycles. The molecule has 1 aromatic carbocycles.